The predicted octanol–water partition coefficient (Wildman–Crippen LogP) is 1.53. The number of benzene rings is 1. The average Bonchev–Trinajstić information content (AvgIpc) is 3.18. The van der Waals surface area contributed by atoms with Gasteiger partial charge in [0.15, 0.2) is 0 Å². The smallest absolute Gasteiger partial charge is 0.334 e. The van der Waals surface area contributed by atoms with Crippen LogP contribution in [-0.4, -0.2) is 40.8 Å². The van der Waals surface area contributed by atoms with Crippen LogP contribution in [0.1, 0.15) is 31.5 Å². The molecule has 3 rings (SSSR count). The highest BCUT2D eigenvalue weighted by atomic mass is 32.2. The van der Waals surface area contributed by atoms with Gasteiger partial charge in [0.25, 0.3) is 0 Å². The zero-order chi connectivity index (χ0) is 20.8. The number of rotatable bonds is 9. The maximum absolute atomic E-state index is 13.3. The summed E-state index contributed by atoms with van der Waals surface area (Å²) >= 11 is 1.28. The molecule has 0 fully saturated rings. The van der Waals surface area contributed by atoms with Gasteiger partial charge in [0.05, 0.1) is 31.9 Å². The first-order valence-corrected chi connectivity index (χ1v) is 11.1. The molecule has 0 saturated heterocycles. The Morgan fingerprint density at radius 3 is 2.83 bits per heavy atom. The topological polar surface area (TPSA) is 68.4 Å². The van der Waals surface area contributed by atoms with Crippen LogP contribution in [0, 0.1) is 5.82 Å². The van der Waals surface area contributed by atoms with Crippen LogP contribution >= 0.6 is 11.8 Å². The summed E-state index contributed by atoms with van der Waals surface area (Å²) in [7, 11) is 0. The molecular formula is C21H28FN4O2S+. The van der Waals surface area contributed by atoms with Crippen molar-refractivity contribution >= 4 is 23.4 Å². The Bertz CT molecular complexity index is 927. The van der Waals surface area contributed by atoms with Crippen LogP contribution < -0.4 is 15.9 Å². The fourth-order valence-electron chi connectivity index (χ4n) is 3.71. The molecule has 0 unspecified atom stereocenters. The molecule has 1 amide bonds. The summed E-state index contributed by atoms with van der Waals surface area (Å²) in [5, 5.41) is 3.33. The molecule has 0 aliphatic heterocycles. The number of quaternary nitrogens is 1. The van der Waals surface area contributed by atoms with E-state index >= 15 is 0 Å². The van der Waals surface area contributed by atoms with E-state index in [1.165, 1.54) is 28.8 Å². The van der Waals surface area contributed by atoms with Crippen LogP contribution in [0.25, 0.3) is 0 Å². The number of nitrogens with zero attached hydrogens (tertiary/aromatic N) is 2. The predicted molar refractivity (Wildman–Crippen MR) is 113 cm³/mol. The summed E-state index contributed by atoms with van der Waals surface area (Å²) < 4.78 is 15.1. The molecule has 1 heterocycles. The number of hydrogen-bond acceptors (Lipinski definition) is 4. The minimum Gasteiger partial charge on any atom is -0.334 e. The van der Waals surface area contributed by atoms with Gasteiger partial charge in [0.2, 0.25) is 5.91 Å². The number of nitrogens with one attached hydrogen (secondary N) is 2. The average molecular weight is 420 g/mol. The zero-order valence-electron chi connectivity index (χ0n) is 17.0. The molecule has 8 heteroatoms. The van der Waals surface area contributed by atoms with E-state index < -0.39 is 5.82 Å². The fourth-order valence-corrected chi connectivity index (χ4v) is 4.58. The van der Waals surface area contributed by atoms with Crippen molar-refractivity contribution in [1.29, 1.82) is 0 Å². The third-order valence-electron chi connectivity index (χ3n) is 5.34. The van der Waals surface area contributed by atoms with Crippen molar-refractivity contribution in [2.45, 2.75) is 44.7 Å². The number of aromatic nitrogens is 2. The molecule has 0 bridgehead atoms. The third-order valence-corrected chi connectivity index (χ3v) is 6.36. The van der Waals surface area contributed by atoms with E-state index in [1.807, 2.05) is 4.57 Å². The lowest BCUT2D eigenvalue weighted by molar-refractivity contribution is -0.897. The van der Waals surface area contributed by atoms with Gasteiger partial charge in [0, 0.05) is 16.9 Å². The molecule has 1 aromatic heterocycles. The van der Waals surface area contributed by atoms with Gasteiger partial charge < -0.3 is 10.2 Å². The SMILES string of the molecule is CC[NH+](CC)CCn1c2c(c(SCC(=O)Nc3cccc(F)c3)nc1=O)CCC2. The minimum atomic E-state index is -0.398. The number of anilines is 1. The first kappa shape index (κ1) is 21.5. The first-order chi connectivity index (χ1) is 14.0. The summed E-state index contributed by atoms with van der Waals surface area (Å²) in [4.78, 5) is 30.6. The van der Waals surface area contributed by atoms with E-state index in [1.54, 1.807) is 12.1 Å². The van der Waals surface area contributed by atoms with E-state index in [9.17, 15) is 14.0 Å². The number of hydrogen-bond donors (Lipinski definition) is 2. The molecule has 2 aromatic rings. The minimum absolute atomic E-state index is 0.128. The highest BCUT2D eigenvalue weighted by Crippen LogP contribution is 2.29. The van der Waals surface area contributed by atoms with Gasteiger partial charge in [-0.2, -0.15) is 4.98 Å². The van der Waals surface area contributed by atoms with E-state index in [0.717, 1.165) is 50.2 Å². The second-order valence-electron chi connectivity index (χ2n) is 7.18. The number of fused-ring (bicyclic) bond motifs is 1. The Labute approximate surface area is 174 Å². The van der Waals surface area contributed by atoms with Crippen molar-refractivity contribution in [3.05, 3.63) is 51.8 Å². The van der Waals surface area contributed by atoms with Crippen molar-refractivity contribution in [3.63, 3.8) is 0 Å². The normalized spacial score (nSPS) is 13.0. The number of halogens is 1. The van der Waals surface area contributed by atoms with Crippen molar-refractivity contribution in [2.75, 3.05) is 30.7 Å². The standard InChI is InChI=1S/C21H27FN4O2S/c1-3-25(4-2)11-12-26-18-10-6-9-17(18)20(24-21(26)28)29-14-19(27)23-16-8-5-7-15(22)13-16/h5,7-8,13H,3-4,6,9-12,14H2,1-2H3,(H,23,27)/p+1. The number of amides is 1. The van der Waals surface area contributed by atoms with E-state index in [-0.39, 0.29) is 17.3 Å². The Hall–Kier alpha value is -2.19. The number of carbonyl (C=O) groups is 1. The van der Waals surface area contributed by atoms with Crippen LogP contribution in [0.15, 0.2) is 34.1 Å². The molecule has 0 radical (unpaired) electrons. The van der Waals surface area contributed by atoms with Gasteiger partial charge >= 0.3 is 5.69 Å². The molecule has 1 aromatic carbocycles. The van der Waals surface area contributed by atoms with Crippen LogP contribution in [0.2, 0.25) is 0 Å². The van der Waals surface area contributed by atoms with Crippen LogP contribution in [0.5, 0.6) is 0 Å². The lowest BCUT2D eigenvalue weighted by Gasteiger charge is -2.18. The van der Waals surface area contributed by atoms with E-state index in [2.05, 4.69) is 24.1 Å². The highest BCUT2D eigenvalue weighted by Gasteiger charge is 2.23. The monoisotopic (exact) mass is 419 g/mol. The Morgan fingerprint density at radius 2 is 2.10 bits per heavy atom. The summed E-state index contributed by atoms with van der Waals surface area (Å²) in [6.45, 7) is 7.96. The lowest BCUT2D eigenvalue weighted by atomic mass is 10.2. The zero-order valence-corrected chi connectivity index (χ0v) is 17.8. The fraction of sp³-hybridized carbons (Fsp3) is 0.476. The quantitative estimate of drug-likeness (QED) is 0.478. The molecule has 0 saturated carbocycles. The third kappa shape index (κ3) is 5.45. The Morgan fingerprint density at radius 1 is 1.31 bits per heavy atom. The Balaban J connectivity index is 1.69. The number of likely N-dealkylation sites (N-methyl/N-ethyl adjacent to an activating group) is 1. The molecule has 156 valence electrons. The molecule has 0 spiro atoms. The van der Waals surface area contributed by atoms with Gasteiger partial charge in [-0.25, -0.2) is 9.18 Å². The van der Waals surface area contributed by atoms with Crippen molar-refractivity contribution in [1.82, 2.24) is 9.55 Å². The number of thioether (sulfide) groups is 1. The summed E-state index contributed by atoms with van der Waals surface area (Å²) in [6.07, 6.45) is 2.76. The first-order valence-electron chi connectivity index (χ1n) is 10.2. The molecule has 29 heavy (non-hydrogen) atoms. The molecule has 1 aliphatic carbocycles. The van der Waals surface area contributed by atoms with Crippen molar-refractivity contribution in [3.8, 4) is 0 Å². The van der Waals surface area contributed by atoms with E-state index in [4.69, 9.17) is 0 Å². The van der Waals surface area contributed by atoms with Crippen molar-refractivity contribution in [2.24, 2.45) is 0 Å². The molecule has 0 atom stereocenters. The highest BCUT2D eigenvalue weighted by molar-refractivity contribution is 8.00. The maximum Gasteiger partial charge on any atom is 0.349 e. The molecule has 1 aliphatic rings. The largest absolute Gasteiger partial charge is 0.349 e. The van der Waals surface area contributed by atoms with E-state index in [0.29, 0.717) is 17.3 Å². The number of carbonyl (C=O) groups excluding carboxylic acids is 1. The van der Waals surface area contributed by atoms with Gasteiger partial charge in [-0.05, 0) is 51.3 Å². The summed E-state index contributed by atoms with van der Waals surface area (Å²) in [5.41, 5.74) is 2.36. The van der Waals surface area contributed by atoms with Crippen LogP contribution in [0.4, 0.5) is 10.1 Å². The van der Waals surface area contributed by atoms with Gasteiger partial charge in [-0.3, -0.25) is 9.36 Å². The van der Waals surface area contributed by atoms with Crippen molar-refractivity contribution < 1.29 is 14.1 Å². The Kier molecular flexibility index (Phi) is 7.44. The second-order valence-corrected chi connectivity index (χ2v) is 8.15. The molecular weight excluding hydrogens is 391 g/mol. The van der Waals surface area contributed by atoms with Gasteiger partial charge in [0.1, 0.15) is 10.8 Å². The van der Waals surface area contributed by atoms with Crippen LogP contribution in [0.3, 0.4) is 0 Å². The lowest BCUT2D eigenvalue weighted by Crippen LogP contribution is -3.11. The molecule has 6 nitrogen and oxygen atoms in total. The van der Waals surface area contributed by atoms with Gasteiger partial charge in [-0.1, -0.05) is 17.8 Å². The van der Waals surface area contributed by atoms with Crippen LogP contribution in [-0.2, 0) is 24.2 Å². The summed E-state index contributed by atoms with van der Waals surface area (Å²) in [5.74, 6) is -0.517. The maximum atomic E-state index is 13.3. The molecule has 2 N–H and O–H groups in total. The van der Waals surface area contributed by atoms with Gasteiger partial charge in [-0.15, -0.1) is 0 Å². The second kappa shape index (κ2) is 10.0. The summed E-state index contributed by atoms with van der Waals surface area (Å²) in [6, 6.07) is 5.79.